The van der Waals surface area contributed by atoms with Gasteiger partial charge in [-0.3, -0.25) is 4.79 Å². The SMILES string of the molecule is COC(=O)C1=C[C@@H]2C(=O)[C@]3(OC)OC[C@H]([C@H]2c2ccccc2)[C@H]13. The van der Waals surface area contributed by atoms with Gasteiger partial charge in [-0.05, 0) is 5.56 Å². The summed E-state index contributed by atoms with van der Waals surface area (Å²) in [6, 6.07) is 9.93. The average molecular weight is 314 g/mol. The third-order valence-corrected chi connectivity index (χ3v) is 5.43. The molecule has 0 N–H and O–H groups in total. The van der Waals surface area contributed by atoms with E-state index in [-0.39, 0.29) is 17.6 Å². The lowest BCUT2D eigenvalue weighted by Crippen LogP contribution is -2.59. The summed E-state index contributed by atoms with van der Waals surface area (Å²) in [5.74, 6) is -2.64. The Balaban J connectivity index is 1.87. The first kappa shape index (κ1) is 14.6. The number of methoxy groups -OCH3 is 2. The number of ketones is 1. The number of benzene rings is 1. The van der Waals surface area contributed by atoms with Gasteiger partial charge in [0.2, 0.25) is 5.79 Å². The Morgan fingerprint density at radius 2 is 2.00 bits per heavy atom. The van der Waals surface area contributed by atoms with Crippen molar-refractivity contribution in [1.29, 1.82) is 0 Å². The van der Waals surface area contributed by atoms with Gasteiger partial charge in [0.25, 0.3) is 0 Å². The molecule has 0 unspecified atom stereocenters. The van der Waals surface area contributed by atoms with Crippen molar-refractivity contribution < 1.29 is 23.8 Å². The van der Waals surface area contributed by atoms with Crippen molar-refractivity contribution in [2.45, 2.75) is 11.7 Å². The van der Waals surface area contributed by atoms with Crippen molar-refractivity contribution in [2.75, 3.05) is 20.8 Å². The molecule has 5 heteroatoms. The van der Waals surface area contributed by atoms with Gasteiger partial charge in [0.1, 0.15) is 0 Å². The van der Waals surface area contributed by atoms with E-state index in [1.54, 1.807) is 6.08 Å². The maximum Gasteiger partial charge on any atom is 0.333 e. The highest BCUT2D eigenvalue weighted by Crippen LogP contribution is 2.60. The van der Waals surface area contributed by atoms with Crippen LogP contribution in [0.1, 0.15) is 11.5 Å². The third kappa shape index (κ3) is 1.75. The Kier molecular flexibility index (Phi) is 3.18. The first-order chi connectivity index (χ1) is 11.1. The molecule has 0 aromatic heterocycles. The molecule has 23 heavy (non-hydrogen) atoms. The quantitative estimate of drug-likeness (QED) is 0.795. The fourth-order valence-corrected chi connectivity index (χ4v) is 4.53. The predicted octanol–water partition coefficient (Wildman–Crippen LogP) is 1.69. The van der Waals surface area contributed by atoms with Gasteiger partial charge in [-0.2, -0.15) is 0 Å². The van der Waals surface area contributed by atoms with Crippen LogP contribution in [0.5, 0.6) is 0 Å². The molecule has 1 heterocycles. The number of hydrogen-bond acceptors (Lipinski definition) is 5. The van der Waals surface area contributed by atoms with Crippen molar-refractivity contribution in [1.82, 2.24) is 0 Å². The zero-order valence-electron chi connectivity index (χ0n) is 13.0. The molecule has 5 nitrogen and oxygen atoms in total. The van der Waals surface area contributed by atoms with Crippen LogP contribution in [0.2, 0.25) is 0 Å². The monoisotopic (exact) mass is 314 g/mol. The second kappa shape index (κ2) is 5.01. The molecule has 4 bridgehead atoms. The zero-order valence-corrected chi connectivity index (χ0v) is 13.0. The van der Waals surface area contributed by atoms with Gasteiger partial charge in [0.15, 0.2) is 5.78 Å². The van der Waals surface area contributed by atoms with Gasteiger partial charge in [0.05, 0.1) is 19.6 Å². The summed E-state index contributed by atoms with van der Waals surface area (Å²) in [5.41, 5.74) is 1.60. The van der Waals surface area contributed by atoms with Crippen LogP contribution in [0.3, 0.4) is 0 Å². The number of ether oxygens (including phenoxy) is 3. The molecular weight excluding hydrogens is 296 g/mol. The lowest BCUT2D eigenvalue weighted by Gasteiger charge is -2.48. The van der Waals surface area contributed by atoms with Crippen molar-refractivity contribution in [3.05, 3.63) is 47.5 Å². The van der Waals surface area contributed by atoms with Gasteiger partial charge >= 0.3 is 5.97 Å². The van der Waals surface area contributed by atoms with E-state index < -0.39 is 23.6 Å². The van der Waals surface area contributed by atoms with Crippen LogP contribution in [0, 0.1) is 17.8 Å². The van der Waals surface area contributed by atoms with E-state index in [0.29, 0.717) is 12.2 Å². The number of esters is 1. The van der Waals surface area contributed by atoms with Crippen LogP contribution in [0.4, 0.5) is 0 Å². The molecule has 1 aromatic rings. The van der Waals surface area contributed by atoms with E-state index in [2.05, 4.69) is 0 Å². The lowest BCUT2D eigenvalue weighted by molar-refractivity contribution is -0.217. The molecular formula is C18H18O5. The van der Waals surface area contributed by atoms with E-state index in [0.717, 1.165) is 5.56 Å². The number of allylic oxidation sites excluding steroid dienone is 1. The van der Waals surface area contributed by atoms with E-state index in [1.165, 1.54) is 14.2 Å². The van der Waals surface area contributed by atoms with Crippen LogP contribution >= 0.6 is 0 Å². The van der Waals surface area contributed by atoms with Crippen LogP contribution in [-0.4, -0.2) is 38.4 Å². The fourth-order valence-electron chi connectivity index (χ4n) is 4.53. The van der Waals surface area contributed by atoms with Crippen LogP contribution in [0.15, 0.2) is 42.0 Å². The second-order valence-corrected chi connectivity index (χ2v) is 6.26. The third-order valence-electron chi connectivity index (χ3n) is 5.43. The van der Waals surface area contributed by atoms with E-state index in [9.17, 15) is 9.59 Å². The predicted molar refractivity (Wildman–Crippen MR) is 80.5 cm³/mol. The summed E-state index contributed by atoms with van der Waals surface area (Å²) in [6.45, 7) is 0.397. The van der Waals surface area contributed by atoms with Crippen molar-refractivity contribution in [3.63, 3.8) is 0 Å². The van der Waals surface area contributed by atoms with Crippen molar-refractivity contribution in [2.24, 2.45) is 17.8 Å². The van der Waals surface area contributed by atoms with Crippen LogP contribution < -0.4 is 0 Å². The Morgan fingerprint density at radius 1 is 1.26 bits per heavy atom. The van der Waals surface area contributed by atoms with E-state index >= 15 is 0 Å². The second-order valence-electron chi connectivity index (χ2n) is 6.26. The maximum atomic E-state index is 13.0. The molecule has 3 aliphatic carbocycles. The topological polar surface area (TPSA) is 61.8 Å². The number of carbonyl (C=O) groups is 2. The molecule has 5 atom stereocenters. The molecule has 120 valence electrons. The van der Waals surface area contributed by atoms with Gasteiger partial charge in [-0.1, -0.05) is 36.4 Å². The summed E-state index contributed by atoms with van der Waals surface area (Å²) in [4.78, 5) is 25.2. The summed E-state index contributed by atoms with van der Waals surface area (Å²) in [7, 11) is 2.82. The summed E-state index contributed by atoms with van der Waals surface area (Å²) in [6.07, 6.45) is 1.76. The lowest BCUT2D eigenvalue weighted by atomic mass is 9.56. The highest BCUT2D eigenvalue weighted by atomic mass is 16.7. The first-order valence-corrected chi connectivity index (χ1v) is 7.72. The molecule has 1 aliphatic heterocycles. The number of carbonyl (C=O) groups excluding carboxylic acids is 2. The molecule has 5 rings (SSSR count). The number of rotatable bonds is 3. The van der Waals surface area contributed by atoms with Gasteiger partial charge in [-0.25, -0.2) is 4.79 Å². The standard InChI is InChI=1S/C18H18O5/c1-21-17(20)12-8-11-14(10-6-4-3-5-7-10)13-9-23-18(22-2,15(12)13)16(11)19/h3-8,11,13-15H,9H2,1-2H3/t11-,13+,14-,15-,18+/m0/s1. The van der Waals surface area contributed by atoms with Crippen molar-refractivity contribution in [3.8, 4) is 0 Å². The molecule has 1 saturated carbocycles. The number of Topliss-reactive ketones (excluding diaryl/α,β-unsaturated/α-hetero) is 1. The Hall–Kier alpha value is -1.98. The highest BCUT2D eigenvalue weighted by Gasteiger charge is 2.69. The minimum Gasteiger partial charge on any atom is -0.466 e. The molecule has 0 amide bonds. The summed E-state index contributed by atoms with van der Waals surface area (Å²) < 4.78 is 16.2. The molecule has 0 radical (unpaired) electrons. The van der Waals surface area contributed by atoms with Gasteiger partial charge < -0.3 is 14.2 Å². The average Bonchev–Trinajstić information content (AvgIpc) is 2.96. The van der Waals surface area contributed by atoms with E-state index in [1.807, 2.05) is 30.3 Å². The summed E-state index contributed by atoms with van der Waals surface area (Å²) >= 11 is 0. The first-order valence-electron chi connectivity index (χ1n) is 7.72. The van der Waals surface area contributed by atoms with Crippen LogP contribution in [-0.2, 0) is 23.8 Å². The van der Waals surface area contributed by atoms with E-state index in [4.69, 9.17) is 14.2 Å². The zero-order chi connectivity index (χ0) is 16.2. The van der Waals surface area contributed by atoms with Gasteiger partial charge in [-0.15, -0.1) is 0 Å². The normalized spacial score (nSPS) is 37.7. The molecule has 4 aliphatic rings. The van der Waals surface area contributed by atoms with Crippen molar-refractivity contribution >= 4 is 11.8 Å². The summed E-state index contributed by atoms with van der Waals surface area (Å²) in [5, 5.41) is 0. The molecule has 1 saturated heterocycles. The number of hydrogen-bond donors (Lipinski definition) is 0. The largest absolute Gasteiger partial charge is 0.466 e. The van der Waals surface area contributed by atoms with Gasteiger partial charge in [0, 0.05) is 30.4 Å². The minimum absolute atomic E-state index is 0.00730. The minimum atomic E-state index is -1.33. The smallest absolute Gasteiger partial charge is 0.333 e. The molecule has 2 fully saturated rings. The van der Waals surface area contributed by atoms with Crippen LogP contribution in [0.25, 0.3) is 0 Å². The maximum absolute atomic E-state index is 13.0. The molecule has 0 spiro atoms. The molecule has 1 aromatic carbocycles. The Morgan fingerprint density at radius 3 is 2.65 bits per heavy atom. The Bertz CT molecular complexity index is 695. The highest BCUT2D eigenvalue weighted by molar-refractivity contribution is 6.01. The fraction of sp³-hybridized carbons (Fsp3) is 0.444. The Labute approximate surface area is 134 Å².